The summed E-state index contributed by atoms with van der Waals surface area (Å²) in [5.74, 6) is 1.06. The molecule has 1 aromatic carbocycles. The van der Waals surface area contributed by atoms with Gasteiger partial charge < -0.3 is 4.74 Å². The van der Waals surface area contributed by atoms with Crippen LogP contribution >= 0.6 is 11.8 Å². The number of unbranched alkanes of at least 4 members (excludes halogenated alkanes) is 9. The molecule has 1 aromatic rings. The highest BCUT2D eigenvalue weighted by molar-refractivity contribution is 7.99. The second-order valence-electron chi connectivity index (χ2n) is 5.96. The zero-order valence-corrected chi connectivity index (χ0v) is 15.2. The summed E-state index contributed by atoms with van der Waals surface area (Å²) < 4.78 is 5.71. The smallest absolute Gasteiger partial charge is 0.0560 e. The maximum Gasteiger partial charge on any atom is 0.0560 e. The monoisotopic (exact) mass is 322 g/mol. The normalized spacial score (nSPS) is 11.0. The molecule has 0 aromatic heterocycles. The number of benzene rings is 1. The number of hydrogen-bond acceptors (Lipinski definition) is 2. The predicted octanol–water partition coefficient (Wildman–Crippen LogP) is 6.72. The van der Waals surface area contributed by atoms with E-state index in [9.17, 15) is 0 Å². The van der Waals surface area contributed by atoms with Crippen molar-refractivity contribution in [2.45, 2.75) is 76.0 Å². The molecule has 0 heterocycles. The highest BCUT2D eigenvalue weighted by Crippen LogP contribution is 2.16. The maximum absolute atomic E-state index is 5.71. The molecule has 0 unspecified atom stereocenters. The Labute approximate surface area is 142 Å². The van der Waals surface area contributed by atoms with E-state index in [1.165, 1.54) is 69.1 Å². The molecule has 126 valence electrons. The molecular weight excluding hydrogens is 288 g/mol. The van der Waals surface area contributed by atoms with Crippen molar-refractivity contribution < 1.29 is 4.74 Å². The van der Waals surface area contributed by atoms with E-state index in [2.05, 4.69) is 37.3 Å². The van der Waals surface area contributed by atoms with Crippen LogP contribution in [0.3, 0.4) is 0 Å². The van der Waals surface area contributed by atoms with E-state index in [1.807, 2.05) is 11.8 Å². The molecular formula is C20H34OS. The minimum Gasteiger partial charge on any atom is -0.381 e. The van der Waals surface area contributed by atoms with Crippen LogP contribution < -0.4 is 0 Å². The Kier molecular flexibility index (Phi) is 13.7. The predicted molar refractivity (Wildman–Crippen MR) is 99.8 cm³/mol. The topological polar surface area (TPSA) is 9.23 Å². The van der Waals surface area contributed by atoms with E-state index in [-0.39, 0.29) is 0 Å². The number of hydrogen-bond donors (Lipinski definition) is 0. The highest BCUT2D eigenvalue weighted by atomic mass is 32.2. The van der Waals surface area contributed by atoms with Gasteiger partial charge in [-0.25, -0.2) is 0 Å². The van der Waals surface area contributed by atoms with Gasteiger partial charge in [-0.1, -0.05) is 82.9 Å². The summed E-state index contributed by atoms with van der Waals surface area (Å²) >= 11 is 1.88. The van der Waals surface area contributed by atoms with Crippen molar-refractivity contribution in [2.24, 2.45) is 0 Å². The Bertz CT molecular complexity index is 326. The van der Waals surface area contributed by atoms with Crippen LogP contribution in [0.2, 0.25) is 0 Å². The van der Waals surface area contributed by atoms with Gasteiger partial charge in [0.1, 0.15) is 0 Å². The van der Waals surface area contributed by atoms with E-state index in [0.717, 1.165) is 19.0 Å². The van der Waals surface area contributed by atoms with E-state index < -0.39 is 0 Å². The largest absolute Gasteiger partial charge is 0.381 e. The Hall–Kier alpha value is -0.470. The van der Waals surface area contributed by atoms with Gasteiger partial charge in [-0.15, -0.1) is 11.8 Å². The van der Waals surface area contributed by atoms with Crippen LogP contribution in [0.5, 0.6) is 0 Å². The van der Waals surface area contributed by atoms with Crippen molar-refractivity contribution >= 4 is 11.8 Å². The first kappa shape index (κ1) is 19.6. The lowest BCUT2D eigenvalue weighted by Crippen LogP contribution is -1.99. The summed E-state index contributed by atoms with van der Waals surface area (Å²) in [6.07, 6.45) is 13.9. The zero-order valence-electron chi connectivity index (χ0n) is 14.4. The molecule has 1 nitrogen and oxygen atoms in total. The third kappa shape index (κ3) is 12.1. The molecule has 0 amide bonds. The van der Waals surface area contributed by atoms with Crippen molar-refractivity contribution in [2.75, 3.05) is 19.0 Å². The molecule has 0 atom stereocenters. The fraction of sp³-hybridized carbons (Fsp3) is 0.700. The summed E-state index contributed by atoms with van der Waals surface area (Å²) in [6, 6.07) is 10.6. The molecule has 22 heavy (non-hydrogen) atoms. The molecule has 0 spiro atoms. The first-order valence-corrected chi connectivity index (χ1v) is 10.2. The van der Waals surface area contributed by atoms with Crippen molar-refractivity contribution in [3.05, 3.63) is 30.3 Å². The lowest BCUT2D eigenvalue weighted by Gasteiger charge is -2.05. The first-order valence-electron chi connectivity index (χ1n) is 9.19. The minimum absolute atomic E-state index is 0.872. The number of ether oxygens (including phenoxy) is 1. The van der Waals surface area contributed by atoms with Crippen molar-refractivity contribution in [3.8, 4) is 0 Å². The van der Waals surface area contributed by atoms with Crippen molar-refractivity contribution in [1.82, 2.24) is 0 Å². The minimum atomic E-state index is 0.872. The molecule has 0 aliphatic rings. The number of thioether (sulfide) groups is 1. The van der Waals surface area contributed by atoms with Crippen LogP contribution in [-0.2, 0) is 4.74 Å². The zero-order chi connectivity index (χ0) is 15.7. The third-order valence-electron chi connectivity index (χ3n) is 3.88. The summed E-state index contributed by atoms with van der Waals surface area (Å²) in [6.45, 7) is 4.09. The molecule has 0 aliphatic carbocycles. The van der Waals surface area contributed by atoms with Gasteiger partial charge in [0.2, 0.25) is 0 Å². The molecule has 0 aliphatic heterocycles. The number of rotatable bonds is 15. The Morgan fingerprint density at radius 3 is 1.95 bits per heavy atom. The fourth-order valence-corrected chi connectivity index (χ4v) is 3.32. The van der Waals surface area contributed by atoms with Crippen LogP contribution in [0.1, 0.15) is 71.1 Å². The van der Waals surface area contributed by atoms with Crippen LogP contribution in [0.15, 0.2) is 35.2 Å². The lowest BCUT2D eigenvalue weighted by molar-refractivity contribution is 0.145. The van der Waals surface area contributed by atoms with Gasteiger partial charge in [-0.05, 0) is 18.6 Å². The van der Waals surface area contributed by atoms with Gasteiger partial charge in [0.25, 0.3) is 0 Å². The van der Waals surface area contributed by atoms with Gasteiger partial charge in [0.05, 0.1) is 6.61 Å². The van der Waals surface area contributed by atoms with E-state index >= 15 is 0 Å². The quantitative estimate of drug-likeness (QED) is 0.262. The SMILES string of the molecule is CCCCCCCCCCCCOCCSc1ccccc1. The third-order valence-corrected chi connectivity index (χ3v) is 4.86. The highest BCUT2D eigenvalue weighted by Gasteiger charge is 1.95. The van der Waals surface area contributed by atoms with E-state index in [0.29, 0.717) is 0 Å². The summed E-state index contributed by atoms with van der Waals surface area (Å²) in [4.78, 5) is 1.34. The second kappa shape index (κ2) is 15.4. The molecule has 0 radical (unpaired) electrons. The maximum atomic E-state index is 5.71. The Morgan fingerprint density at radius 1 is 0.727 bits per heavy atom. The van der Waals surface area contributed by atoms with Crippen LogP contribution in [0, 0.1) is 0 Å². The summed E-state index contributed by atoms with van der Waals surface area (Å²) in [5.41, 5.74) is 0. The van der Waals surface area contributed by atoms with E-state index in [1.54, 1.807) is 0 Å². The van der Waals surface area contributed by atoms with Gasteiger partial charge in [0, 0.05) is 17.3 Å². The molecule has 2 heteroatoms. The first-order chi connectivity index (χ1) is 10.9. The summed E-state index contributed by atoms with van der Waals surface area (Å²) in [7, 11) is 0. The molecule has 0 fully saturated rings. The lowest BCUT2D eigenvalue weighted by atomic mass is 10.1. The van der Waals surface area contributed by atoms with E-state index in [4.69, 9.17) is 4.74 Å². The average molecular weight is 323 g/mol. The van der Waals surface area contributed by atoms with Crippen LogP contribution in [0.4, 0.5) is 0 Å². The average Bonchev–Trinajstić information content (AvgIpc) is 2.56. The second-order valence-corrected chi connectivity index (χ2v) is 7.12. The Balaban J connectivity index is 1.73. The molecule has 0 saturated carbocycles. The molecule has 1 rings (SSSR count). The van der Waals surface area contributed by atoms with Gasteiger partial charge in [-0.2, -0.15) is 0 Å². The van der Waals surface area contributed by atoms with Gasteiger partial charge in [-0.3, -0.25) is 0 Å². The van der Waals surface area contributed by atoms with Crippen LogP contribution in [0.25, 0.3) is 0 Å². The fourth-order valence-electron chi connectivity index (χ4n) is 2.53. The molecule has 0 N–H and O–H groups in total. The summed E-state index contributed by atoms with van der Waals surface area (Å²) in [5, 5.41) is 0. The molecule has 0 saturated heterocycles. The van der Waals surface area contributed by atoms with Gasteiger partial charge in [0.15, 0.2) is 0 Å². The standard InChI is InChI=1S/C20H34OS/c1-2-3-4-5-6-7-8-9-10-14-17-21-18-19-22-20-15-12-11-13-16-20/h11-13,15-16H,2-10,14,17-19H2,1H3. The van der Waals surface area contributed by atoms with Crippen molar-refractivity contribution in [3.63, 3.8) is 0 Å². The van der Waals surface area contributed by atoms with Crippen molar-refractivity contribution in [1.29, 1.82) is 0 Å². The van der Waals surface area contributed by atoms with Crippen LogP contribution in [-0.4, -0.2) is 19.0 Å². The molecule has 0 bridgehead atoms. The Morgan fingerprint density at radius 2 is 1.32 bits per heavy atom. The van der Waals surface area contributed by atoms with Gasteiger partial charge >= 0.3 is 0 Å².